The largest absolute Gasteiger partial charge is 0.336 e. The van der Waals surface area contributed by atoms with Crippen LogP contribution in [0.15, 0.2) is 41.1 Å². The van der Waals surface area contributed by atoms with Gasteiger partial charge in [-0.15, -0.1) is 0 Å². The van der Waals surface area contributed by atoms with E-state index < -0.39 is 0 Å². The second-order valence-corrected chi connectivity index (χ2v) is 4.93. The van der Waals surface area contributed by atoms with Crippen molar-refractivity contribution in [1.82, 2.24) is 9.97 Å². The van der Waals surface area contributed by atoms with E-state index in [2.05, 4.69) is 55.1 Å². The van der Waals surface area contributed by atoms with E-state index in [1.54, 1.807) is 6.20 Å². The van der Waals surface area contributed by atoms with Gasteiger partial charge in [0.25, 0.3) is 0 Å². The number of nitrogens with zero attached hydrogens (tertiary/aromatic N) is 3. The van der Waals surface area contributed by atoms with Crippen LogP contribution in [0.25, 0.3) is 0 Å². The molecule has 0 fully saturated rings. The maximum absolute atomic E-state index is 4.40. The van der Waals surface area contributed by atoms with E-state index in [1.807, 2.05) is 6.07 Å². The van der Waals surface area contributed by atoms with Crippen molar-refractivity contribution in [1.29, 1.82) is 0 Å². The molecule has 0 bridgehead atoms. The van der Waals surface area contributed by atoms with Crippen molar-refractivity contribution >= 4 is 21.9 Å². The SMILES string of the molecule is Brc1ccnc(N2CCc3ccccc3C2)n1. The van der Waals surface area contributed by atoms with Gasteiger partial charge in [-0.1, -0.05) is 24.3 Å². The van der Waals surface area contributed by atoms with Crippen LogP contribution in [0.4, 0.5) is 5.95 Å². The lowest BCUT2D eigenvalue weighted by Crippen LogP contribution is -2.31. The Kier molecular flexibility index (Phi) is 2.81. The van der Waals surface area contributed by atoms with Crippen LogP contribution in [0.5, 0.6) is 0 Å². The summed E-state index contributed by atoms with van der Waals surface area (Å²) in [5.74, 6) is 0.800. The Balaban J connectivity index is 1.89. The molecule has 17 heavy (non-hydrogen) atoms. The topological polar surface area (TPSA) is 29.0 Å². The van der Waals surface area contributed by atoms with Crippen molar-refractivity contribution in [2.45, 2.75) is 13.0 Å². The monoisotopic (exact) mass is 289 g/mol. The second-order valence-electron chi connectivity index (χ2n) is 4.12. The van der Waals surface area contributed by atoms with Crippen LogP contribution in [-0.4, -0.2) is 16.5 Å². The van der Waals surface area contributed by atoms with Crippen LogP contribution < -0.4 is 4.90 Å². The molecule has 0 radical (unpaired) electrons. The highest BCUT2D eigenvalue weighted by molar-refractivity contribution is 9.10. The molecular formula is C13H12BrN3. The van der Waals surface area contributed by atoms with Crippen molar-refractivity contribution in [3.8, 4) is 0 Å². The smallest absolute Gasteiger partial charge is 0.226 e. The van der Waals surface area contributed by atoms with E-state index in [4.69, 9.17) is 0 Å². The number of halogens is 1. The Morgan fingerprint density at radius 2 is 1.94 bits per heavy atom. The van der Waals surface area contributed by atoms with Gasteiger partial charge in [0, 0.05) is 19.3 Å². The summed E-state index contributed by atoms with van der Waals surface area (Å²) in [6, 6.07) is 10.4. The molecule has 0 unspecified atom stereocenters. The van der Waals surface area contributed by atoms with Crippen LogP contribution in [0, 0.1) is 0 Å². The van der Waals surface area contributed by atoms with Gasteiger partial charge in [-0.3, -0.25) is 0 Å². The van der Waals surface area contributed by atoms with Gasteiger partial charge in [0.15, 0.2) is 0 Å². The third-order valence-corrected chi connectivity index (χ3v) is 3.46. The maximum Gasteiger partial charge on any atom is 0.226 e. The molecule has 1 aliphatic rings. The van der Waals surface area contributed by atoms with E-state index in [1.165, 1.54) is 11.1 Å². The van der Waals surface area contributed by atoms with Gasteiger partial charge in [0.05, 0.1) is 0 Å². The Hall–Kier alpha value is -1.42. The highest BCUT2D eigenvalue weighted by Crippen LogP contribution is 2.22. The molecule has 0 spiro atoms. The Bertz CT molecular complexity index is 542. The van der Waals surface area contributed by atoms with Crippen molar-refractivity contribution < 1.29 is 0 Å². The molecule has 1 aliphatic heterocycles. The van der Waals surface area contributed by atoms with E-state index in [0.717, 1.165) is 30.1 Å². The van der Waals surface area contributed by atoms with Crippen LogP contribution >= 0.6 is 15.9 Å². The summed E-state index contributed by atoms with van der Waals surface area (Å²) in [5, 5.41) is 0. The lowest BCUT2D eigenvalue weighted by atomic mass is 10.0. The van der Waals surface area contributed by atoms with E-state index >= 15 is 0 Å². The molecule has 86 valence electrons. The molecular weight excluding hydrogens is 278 g/mol. The fourth-order valence-electron chi connectivity index (χ4n) is 2.15. The zero-order chi connectivity index (χ0) is 11.7. The van der Waals surface area contributed by atoms with Gasteiger partial charge in [0.1, 0.15) is 4.60 Å². The fraction of sp³-hybridized carbons (Fsp3) is 0.231. The number of benzene rings is 1. The second kappa shape index (κ2) is 4.45. The van der Waals surface area contributed by atoms with Gasteiger partial charge >= 0.3 is 0 Å². The first-order valence-electron chi connectivity index (χ1n) is 5.63. The van der Waals surface area contributed by atoms with E-state index in [0.29, 0.717) is 0 Å². The number of rotatable bonds is 1. The highest BCUT2D eigenvalue weighted by atomic mass is 79.9. The predicted octanol–water partition coefficient (Wildman–Crippen LogP) is 2.80. The molecule has 1 aromatic heterocycles. The summed E-state index contributed by atoms with van der Waals surface area (Å²) in [5.41, 5.74) is 2.82. The molecule has 3 nitrogen and oxygen atoms in total. The van der Waals surface area contributed by atoms with E-state index in [-0.39, 0.29) is 0 Å². The van der Waals surface area contributed by atoms with Crippen molar-refractivity contribution in [3.63, 3.8) is 0 Å². The van der Waals surface area contributed by atoms with Crippen LogP contribution in [0.3, 0.4) is 0 Å². The minimum Gasteiger partial charge on any atom is -0.336 e. The minimum absolute atomic E-state index is 0.800. The normalized spacial score (nSPS) is 14.5. The minimum atomic E-state index is 0.800. The number of anilines is 1. The van der Waals surface area contributed by atoms with Crippen LogP contribution in [0.2, 0.25) is 0 Å². The molecule has 0 atom stereocenters. The molecule has 0 saturated heterocycles. The number of aromatic nitrogens is 2. The van der Waals surface area contributed by atoms with Crippen molar-refractivity contribution in [2.75, 3.05) is 11.4 Å². The molecule has 2 aromatic rings. The van der Waals surface area contributed by atoms with Gasteiger partial charge in [0.2, 0.25) is 5.95 Å². The summed E-state index contributed by atoms with van der Waals surface area (Å²) in [6.07, 6.45) is 2.85. The molecule has 2 heterocycles. The molecule has 0 amide bonds. The standard InChI is InChI=1S/C13H12BrN3/c14-12-5-7-15-13(16-12)17-8-6-10-3-1-2-4-11(10)9-17/h1-5,7H,6,8-9H2. The third kappa shape index (κ3) is 2.17. The van der Waals surface area contributed by atoms with Crippen molar-refractivity contribution in [2.24, 2.45) is 0 Å². The average Bonchev–Trinajstić information content (AvgIpc) is 2.38. The number of hydrogen-bond acceptors (Lipinski definition) is 3. The quantitative estimate of drug-likeness (QED) is 0.756. The summed E-state index contributed by atoms with van der Waals surface area (Å²) >= 11 is 3.38. The highest BCUT2D eigenvalue weighted by Gasteiger charge is 2.17. The molecule has 1 aromatic carbocycles. The lowest BCUT2D eigenvalue weighted by Gasteiger charge is -2.28. The Morgan fingerprint density at radius 3 is 2.76 bits per heavy atom. The Labute approximate surface area is 109 Å². The molecule has 0 saturated carbocycles. The summed E-state index contributed by atoms with van der Waals surface area (Å²) < 4.78 is 0.835. The Morgan fingerprint density at radius 1 is 1.12 bits per heavy atom. The first-order valence-corrected chi connectivity index (χ1v) is 6.42. The number of hydrogen-bond donors (Lipinski definition) is 0. The molecule has 0 aliphatic carbocycles. The third-order valence-electron chi connectivity index (χ3n) is 3.02. The zero-order valence-corrected chi connectivity index (χ0v) is 10.9. The fourth-order valence-corrected chi connectivity index (χ4v) is 2.42. The molecule has 0 N–H and O–H groups in total. The number of fused-ring (bicyclic) bond motifs is 1. The van der Waals surface area contributed by atoms with Crippen LogP contribution in [-0.2, 0) is 13.0 Å². The van der Waals surface area contributed by atoms with Crippen LogP contribution in [0.1, 0.15) is 11.1 Å². The first-order chi connectivity index (χ1) is 8.33. The predicted molar refractivity (Wildman–Crippen MR) is 70.9 cm³/mol. The summed E-state index contributed by atoms with van der Waals surface area (Å²) in [6.45, 7) is 1.88. The summed E-state index contributed by atoms with van der Waals surface area (Å²) in [7, 11) is 0. The van der Waals surface area contributed by atoms with Gasteiger partial charge < -0.3 is 4.90 Å². The lowest BCUT2D eigenvalue weighted by molar-refractivity contribution is 0.706. The van der Waals surface area contributed by atoms with Gasteiger partial charge in [-0.05, 0) is 39.5 Å². The average molecular weight is 290 g/mol. The summed E-state index contributed by atoms with van der Waals surface area (Å²) in [4.78, 5) is 10.9. The van der Waals surface area contributed by atoms with Crippen molar-refractivity contribution in [3.05, 3.63) is 52.3 Å². The first kappa shape index (κ1) is 10.7. The molecule has 4 heteroatoms. The van der Waals surface area contributed by atoms with Gasteiger partial charge in [-0.25, -0.2) is 9.97 Å². The molecule has 3 rings (SSSR count). The zero-order valence-electron chi connectivity index (χ0n) is 9.31. The maximum atomic E-state index is 4.40. The van der Waals surface area contributed by atoms with Gasteiger partial charge in [-0.2, -0.15) is 0 Å². The van der Waals surface area contributed by atoms with E-state index in [9.17, 15) is 0 Å².